The van der Waals surface area contributed by atoms with Gasteiger partial charge in [-0.25, -0.2) is 0 Å². The summed E-state index contributed by atoms with van der Waals surface area (Å²) in [5.41, 5.74) is 12.3. The van der Waals surface area contributed by atoms with Gasteiger partial charge in [0.05, 0.1) is 33.5 Å². The van der Waals surface area contributed by atoms with Crippen molar-refractivity contribution in [1.82, 2.24) is 25.9 Å². The van der Waals surface area contributed by atoms with E-state index in [9.17, 15) is 5.26 Å². The lowest BCUT2D eigenvalue weighted by molar-refractivity contribution is 0.0570. The molecule has 44 heavy (non-hydrogen) atoms. The van der Waals surface area contributed by atoms with Gasteiger partial charge in [-0.15, -0.1) is 5.53 Å². The van der Waals surface area contributed by atoms with Crippen molar-refractivity contribution in [3.63, 3.8) is 0 Å². The van der Waals surface area contributed by atoms with Crippen LogP contribution in [0.15, 0.2) is 84.8 Å². The largest absolute Gasteiger partial charge is 0.373 e. The molecule has 6 rings (SSSR count). The third-order valence-electron chi connectivity index (χ3n) is 8.33. The Morgan fingerprint density at radius 1 is 1.00 bits per heavy atom. The number of nitriles is 1. The van der Waals surface area contributed by atoms with E-state index in [0.717, 1.165) is 54.0 Å². The van der Waals surface area contributed by atoms with E-state index >= 15 is 0 Å². The number of hydrazine groups is 2. The molecular weight excluding hydrogens is 591 g/mol. The van der Waals surface area contributed by atoms with E-state index in [1.165, 1.54) is 0 Å². The second kappa shape index (κ2) is 12.5. The van der Waals surface area contributed by atoms with Crippen molar-refractivity contribution >= 4 is 51.2 Å². The molecule has 0 bridgehead atoms. The molecule has 0 unspecified atom stereocenters. The van der Waals surface area contributed by atoms with Crippen molar-refractivity contribution in [1.29, 1.82) is 5.26 Å². The highest BCUT2D eigenvalue weighted by Crippen LogP contribution is 2.37. The monoisotopic (exact) mass is 626 g/mol. The first kappa shape index (κ1) is 30.0. The molecule has 1 fully saturated rings. The molecule has 0 aliphatic carbocycles. The van der Waals surface area contributed by atoms with E-state index in [4.69, 9.17) is 23.2 Å². The van der Waals surface area contributed by atoms with Crippen LogP contribution in [0.2, 0.25) is 10.0 Å². The maximum atomic E-state index is 9.92. The molecule has 226 valence electrons. The van der Waals surface area contributed by atoms with Gasteiger partial charge in [-0.1, -0.05) is 53.5 Å². The van der Waals surface area contributed by atoms with Crippen LogP contribution in [0.5, 0.6) is 0 Å². The van der Waals surface area contributed by atoms with E-state index in [-0.39, 0.29) is 11.6 Å². The standard InChI is InChI=1S/C34H36Cl2N8/c1-34(2,3)43-15-13-27(14-16-43)44-21-30(41-42-44)32(22-9-11-24(35)12-10-22)40-26-17-28-31(39-25-7-5-4-6-8-25)23(19-37)20-38-33(28)29(36)18-26/h4-12,17-18,20-21,27,32,40-42H,13-16H2,1-3H3,(H,38,39)/t32-/m0/s1. The maximum Gasteiger partial charge on any atom is 0.103 e. The van der Waals surface area contributed by atoms with Crippen molar-refractivity contribution in [2.75, 3.05) is 23.7 Å². The summed E-state index contributed by atoms with van der Waals surface area (Å²) in [6.07, 6.45) is 5.85. The van der Waals surface area contributed by atoms with Crippen molar-refractivity contribution in [2.45, 2.75) is 51.2 Å². The van der Waals surface area contributed by atoms with Crippen molar-refractivity contribution in [3.05, 3.63) is 106 Å². The van der Waals surface area contributed by atoms with Crippen molar-refractivity contribution in [2.24, 2.45) is 0 Å². The third-order valence-corrected chi connectivity index (χ3v) is 8.87. The number of anilines is 3. The third kappa shape index (κ3) is 6.42. The van der Waals surface area contributed by atoms with Crippen LogP contribution in [0.25, 0.3) is 10.9 Å². The topological polar surface area (TPSA) is 91.3 Å². The summed E-state index contributed by atoms with van der Waals surface area (Å²) in [5.74, 6) is 0. The Morgan fingerprint density at radius 2 is 1.73 bits per heavy atom. The molecule has 0 saturated carbocycles. The van der Waals surface area contributed by atoms with Gasteiger partial charge in [0.15, 0.2) is 0 Å². The molecule has 1 atom stereocenters. The fraction of sp³-hybridized carbons (Fsp3) is 0.294. The molecule has 2 aliphatic heterocycles. The summed E-state index contributed by atoms with van der Waals surface area (Å²) in [6.45, 7) is 8.95. The Labute approximate surface area is 268 Å². The number of rotatable bonds is 7. The molecule has 4 aromatic rings. The fourth-order valence-corrected chi connectivity index (χ4v) is 6.29. The molecule has 3 heterocycles. The van der Waals surface area contributed by atoms with Gasteiger partial charge in [0.25, 0.3) is 0 Å². The second-order valence-corrected chi connectivity index (χ2v) is 13.1. The number of benzene rings is 3. The average Bonchev–Trinajstić information content (AvgIpc) is 3.51. The Hall–Kier alpha value is -4.00. The molecule has 1 saturated heterocycles. The number of nitrogens with zero attached hydrogens (tertiary/aromatic N) is 4. The van der Waals surface area contributed by atoms with E-state index in [2.05, 4.69) is 69.5 Å². The number of para-hydroxylation sites is 1. The Morgan fingerprint density at radius 3 is 2.41 bits per heavy atom. The fourth-order valence-electron chi connectivity index (χ4n) is 5.89. The van der Waals surface area contributed by atoms with Crippen molar-refractivity contribution < 1.29 is 0 Å². The lowest BCUT2D eigenvalue weighted by Gasteiger charge is -2.42. The lowest BCUT2D eigenvalue weighted by Crippen LogP contribution is -2.52. The van der Waals surface area contributed by atoms with Gasteiger partial charge >= 0.3 is 0 Å². The van der Waals surface area contributed by atoms with Crippen LogP contribution in [0.3, 0.4) is 0 Å². The lowest BCUT2D eigenvalue weighted by atomic mass is 9.98. The summed E-state index contributed by atoms with van der Waals surface area (Å²) < 4.78 is 0. The van der Waals surface area contributed by atoms with Crippen LogP contribution >= 0.6 is 23.2 Å². The van der Waals surface area contributed by atoms with Crippen LogP contribution in [0.4, 0.5) is 17.1 Å². The van der Waals surface area contributed by atoms with Gasteiger partial charge in [-0.3, -0.25) is 14.9 Å². The summed E-state index contributed by atoms with van der Waals surface area (Å²) in [4.78, 5) is 7.07. The smallest absolute Gasteiger partial charge is 0.103 e. The Kier molecular flexibility index (Phi) is 8.57. The molecular formula is C34H36Cl2N8. The summed E-state index contributed by atoms with van der Waals surface area (Å²) in [5, 5.41) is 21.1. The highest BCUT2D eigenvalue weighted by atomic mass is 35.5. The molecule has 8 nitrogen and oxygen atoms in total. The number of nitrogens with one attached hydrogen (secondary N) is 4. The Bertz CT molecular complexity index is 1700. The van der Waals surface area contributed by atoms with Crippen LogP contribution in [0.1, 0.15) is 50.8 Å². The number of aromatic nitrogens is 1. The van der Waals surface area contributed by atoms with Crippen LogP contribution < -0.4 is 21.6 Å². The van der Waals surface area contributed by atoms with Crippen LogP contribution in [-0.4, -0.2) is 39.6 Å². The van der Waals surface area contributed by atoms with E-state index in [0.29, 0.717) is 32.9 Å². The molecule has 2 aliphatic rings. The van der Waals surface area contributed by atoms with Crippen molar-refractivity contribution in [3.8, 4) is 6.07 Å². The van der Waals surface area contributed by atoms with Gasteiger partial charge in [0.1, 0.15) is 6.07 Å². The summed E-state index contributed by atoms with van der Waals surface area (Å²) in [7, 11) is 0. The van der Waals surface area contributed by atoms with Crippen LogP contribution in [0, 0.1) is 11.3 Å². The number of halogens is 2. The number of hydrogen-bond donors (Lipinski definition) is 4. The first-order chi connectivity index (χ1) is 21.2. The zero-order chi connectivity index (χ0) is 30.8. The normalized spacial score (nSPS) is 16.7. The molecule has 0 radical (unpaired) electrons. The van der Waals surface area contributed by atoms with Gasteiger partial charge in [0, 0.05) is 58.9 Å². The minimum atomic E-state index is -0.245. The molecule has 1 aromatic heterocycles. The molecule has 0 spiro atoms. The predicted molar refractivity (Wildman–Crippen MR) is 180 cm³/mol. The summed E-state index contributed by atoms with van der Waals surface area (Å²) in [6, 6.07) is 23.9. The zero-order valence-corrected chi connectivity index (χ0v) is 26.5. The van der Waals surface area contributed by atoms with Crippen LogP contribution in [-0.2, 0) is 0 Å². The van der Waals surface area contributed by atoms with E-state index in [1.54, 1.807) is 6.20 Å². The zero-order valence-electron chi connectivity index (χ0n) is 25.0. The highest BCUT2D eigenvalue weighted by molar-refractivity contribution is 6.36. The molecule has 10 heteroatoms. The first-order valence-electron chi connectivity index (χ1n) is 14.8. The van der Waals surface area contributed by atoms with Gasteiger partial charge in [-0.2, -0.15) is 5.26 Å². The number of pyridine rings is 1. The number of fused-ring (bicyclic) bond motifs is 1. The second-order valence-electron chi connectivity index (χ2n) is 12.3. The first-order valence-corrected chi connectivity index (χ1v) is 15.6. The van der Waals surface area contributed by atoms with Gasteiger partial charge in [0.2, 0.25) is 0 Å². The maximum absolute atomic E-state index is 9.92. The number of likely N-dealkylation sites (tertiary alicyclic amines) is 1. The SMILES string of the molecule is CC(C)(C)N1CCC(N2C=C([C@@H](Nc3cc(Cl)c4ncc(C#N)c(Nc5ccccc5)c4c3)c3ccc(Cl)cc3)NN2)CC1. The van der Waals surface area contributed by atoms with Gasteiger partial charge < -0.3 is 16.1 Å². The molecule has 4 N–H and O–H groups in total. The highest BCUT2D eigenvalue weighted by Gasteiger charge is 2.32. The number of hydrogen-bond acceptors (Lipinski definition) is 8. The van der Waals surface area contributed by atoms with E-state index in [1.807, 2.05) is 66.7 Å². The average molecular weight is 628 g/mol. The summed E-state index contributed by atoms with van der Waals surface area (Å²) >= 11 is 13.1. The quantitative estimate of drug-likeness (QED) is 0.166. The predicted octanol–water partition coefficient (Wildman–Crippen LogP) is 7.74. The Balaban J connectivity index is 1.33. The van der Waals surface area contributed by atoms with E-state index < -0.39 is 0 Å². The number of piperidine rings is 1. The molecule has 3 aromatic carbocycles. The van der Waals surface area contributed by atoms with Gasteiger partial charge in [-0.05, 0) is 75.6 Å². The minimum Gasteiger partial charge on any atom is -0.373 e. The minimum absolute atomic E-state index is 0.174. The molecule has 0 amide bonds.